The van der Waals surface area contributed by atoms with Gasteiger partial charge >= 0.3 is 12.1 Å². The first-order valence-electron chi connectivity index (χ1n) is 5.52. The number of imide groups is 1. The van der Waals surface area contributed by atoms with E-state index in [1.165, 1.54) is 35.4 Å². The van der Waals surface area contributed by atoms with Gasteiger partial charge in [-0.3, -0.25) is 24.8 Å². The van der Waals surface area contributed by atoms with Crippen molar-refractivity contribution >= 4 is 18.0 Å². The third-order valence-corrected chi connectivity index (χ3v) is 3.73. The van der Waals surface area contributed by atoms with Crippen LogP contribution in [-0.2, 0) is 14.3 Å². The highest BCUT2D eigenvalue weighted by atomic mass is 16.6. The van der Waals surface area contributed by atoms with Gasteiger partial charge in [0.1, 0.15) is 0 Å². The average Bonchev–Trinajstić information content (AvgIpc) is 2.64. The lowest BCUT2D eigenvalue weighted by atomic mass is 10.0. The summed E-state index contributed by atoms with van der Waals surface area (Å²) in [5, 5.41) is 2.45. The summed E-state index contributed by atoms with van der Waals surface area (Å²) < 4.78 is 10.6. The van der Waals surface area contributed by atoms with Crippen LogP contribution >= 0.6 is 0 Å². The molecule has 0 unspecified atom stereocenters. The zero-order valence-electron chi connectivity index (χ0n) is 11.4. The van der Waals surface area contributed by atoms with Crippen molar-refractivity contribution in [3.8, 4) is 0 Å². The topological polar surface area (TPSA) is 91.4 Å². The highest BCUT2D eigenvalue weighted by Gasteiger charge is 2.75. The maximum atomic E-state index is 12.4. The van der Waals surface area contributed by atoms with E-state index in [0.717, 1.165) is 14.7 Å². The molecule has 1 N–H and O–H groups in total. The SMILES string of the molecule is CO[C@@]12N(C)C(=O)N[C@]1(OC)C(=O)N(C)C(=O)N2C. The number of amides is 5. The largest absolute Gasteiger partial charge is 0.345 e. The lowest BCUT2D eigenvalue weighted by Crippen LogP contribution is -2.81. The van der Waals surface area contributed by atoms with Gasteiger partial charge in [-0.25, -0.2) is 9.59 Å². The van der Waals surface area contributed by atoms with Crippen LogP contribution in [0.25, 0.3) is 0 Å². The number of methoxy groups -OCH3 is 2. The number of likely N-dealkylation sites (N-methyl/N-ethyl adjacent to an activating group) is 3. The molecule has 0 aromatic heterocycles. The van der Waals surface area contributed by atoms with Gasteiger partial charge in [-0.05, 0) is 0 Å². The minimum Gasteiger partial charge on any atom is -0.345 e. The van der Waals surface area contributed by atoms with Crippen molar-refractivity contribution in [3.05, 3.63) is 0 Å². The van der Waals surface area contributed by atoms with Gasteiger partial charge in [0.25, 0.3) is 17.5 Å². The van der Waals surface area contributed by atoms with E-state index >= 15 is 0 Å². The normalized spacial score (nSPS) is 34.8. The van der Waals surface area contributed by atoms with Crippen molar-refractivity contribution in [2.75, 3.05) is 35.4 Å². The maximum absolute atomic E-state index is 12.4. The summed E-state index contributed by atoms with van der Waals surface area (Å²) in [5.74, 6) is -2.36. The monoisotopic (exact) mass is 272 g/mol. The minimum absolute atomic E-state index is 0.577. The van der Waals surface area contributed by atoms with Crippen LogP contribution in [0, 0.1) is 0 Å². The standard InChI is InChI=1S/C10H16N4O5/c1-12-6(15)9(18-4)10(19-5,14(3)8(12)17)13(2)7(16)11-9/h1-5H3,(H,11,16)/t9-,10+/m0/s1. The van der Waals surface area contributed by atoms with Crippen LogP contribution in [0.3, 0.4) is 0 Å². The Labute approximate surface area is 110 Å². The highest BCUT2D eigenvalue weighted by Crippen LogP contribution is 2.42. The fourth-order valence-electron chi connectivity index (χ4n) is 2.71. The number of ether oxygens (including phenoxy) is 2. The molecule has 0 aromatic rings. The first kappa shape index (κ1) is 13.6. The van der Waals surface area contributed by atoms with Gasteiger partial charge in [-0.2, -0.15) is 0 Å². The molecule has 19 heavy (non-hydrogen) atoms. The molecular weight excluding hydrogens is 256 g/mol. The molecular formula is C10H16N4O5. The van der Waals surface area contributed by atoms with E-state index in [1.54, 1.807) is 0 Å². The molecule has 2 aliphatic heterocycles. The van der Waals surface area contributed by atoms with Crippen LogP contribution in [-0.4, -0.2) is 79.6 Å². The number of carbonyl (C=O) groups is 3. The third-order valence-electron chi connectivity index (χ3n) is 3.73. The predicted octanol–water partition coefficient (Wildman–Crippen LogP) is -1.19. The molecule has 0 saturated carbocycles. The Morgan fingerprint density at radius 3 is 2.05 bits per heavy atom. The molecule has 0 radical (unpaired) electrons. The molecule has 9 heteroatoms. The summed E-state index contributed by atoms with van der Waals surface area (Å²) in [5.41, 5.74) is -1.80. The Morgan fingerprint density at radius 1 is 1.00 bits per heavy atom. The number of rotatable bonds is 2. The molecule has 2 fully saturated rings. The quantitative estimate of drug-likeness (QED) is 0.682. The van der Waals surface area contributed by atoms with Crippen molar-refractivity contribution in [2.24, 2.45) is 0 Å². The first-order chi connectivity index (χ1) is 8.80. The maximum Gasteiger partial charge on any atom is 0.330 e. The molecule has 2 atom stereocenters. The molecule has 9 nitrogen and oxygen atoms in total. The Balaban J connectivity index is 2.72. The molecule has 106 valence electrons. The molecule has 2 aliphatic rings. The molecule has 0 aliphatic carbocycles. The van der Waals surface area contributed by atoms with Gasteiger partial charge in [-0.15, -0.1) is 0 Å². The van der Waals surface area contributed by atoms with Crippen molar-refractivity contribution in [2.45, 2.75) is 11.6 Å². The fraction of sp³-hybridized carbons (Fsp3) is 0.700. The van der Waals surface area contributed by atoms with Crippen LogP contribution < -0.4 is 5.32 Å². The van der Waals surface area contributed by atoms with Gasteiger partial charge in [0.2, 0.25) is 0 Å². The first-order valence-corrected chi connectivity index (χ1v) is 5.52. The average molecular weight is 272 g/mol. The molecule has 2 rings (SSSR count). The third kappa shape index (κ3) is 1.19. The summed E-state index contributed by atoms with van der Waals surface area (Å²) in [6.07, 6.45) is 0. The second-order valence-corrected chi connectivity index (χ2v) is 4.39. The number of nitrogens with zero attached hydrogens (tertiary/aromatic N) is 3. The summed E-state index contributed by atoms with van der Waals surface area (Å²) in [4.78, 5) is 39.6. The van der Waals surface area contributed by atoms with Crippen molar-refractivity contribution < 1.29 is 23.9 Å². The number of hydrogen-bond donors (Lipinski definition) is 1. The molecule has 2 heterocycles. The molecule has 0 spiro atoms. The van der Waals surface area contributed by atoms with Crippen LogP contribution in [0.4, 0.5) is 9.59 Å². The van der Waals surface area contributed by atoms with Crippen LogP contribution in [0.1, 0.15) is 0 Å². The predicted molar refractivity (Wildman–Crippen MR) is 61.7 cm³/mol. The number of hydrogen-bond acceptors (Lipinski definition) is 5. The van der Waals surface area contributed by atoms with Crippen molar-refractivity contribution in [1.29, 1.82) is 0 Å². The number of fused-ring (bicyclic) bond motifs is 1. The van der Waals surface area contributed by atoms with E-state index in [2.05, 4.69) is 5.32 Å². The molecule has 0 aromatic carbocycles. The lowest BCUT2D eigenvalue weighted by Gasteiger charge is -2.52. The Hall–Kier alpha value is -1.87. The number of carbonyl (C=O) groups excluding carboxylic acids is 3. The Morgan fingerprint density at radius 2 is 1.58 bits per heavy atom. The van der Waals surface area contributed by atoms with E-state index in [0.29, 0.717) is 0 Å². The number of nitrogens with one attached hydrogen (secondary N) is 1. The summed E-state index contributed by atoms with van der Waals surface area (Å²) >= 11 is 0. The number of urea groups is 2. The van der Waals surface area contributed by atoms with E-state index < -0.39 is 29.5 Å². The Kier molecular flexibility index (Phi) is 2.72. The second-order valence-electron chi connectivity index (χ2n) is 4.39. The van der Waals surface area contributed by atoms with Gasteiger partial charge in [0, 0.05) is 35.4 Å². The molecule has 5 amide bonds. The highest BCUT2D eigenvalue weighted by molar-refractivity contribution is 6.06. The van der Waals surface area contributed by atoms with E-state index in [-0.39, 0.29) is 0 Å². The smallest absolute Gasteiger partial charge is 0.330 e. The van der Waals surface area contributed by atoms with Crippen LogP contribution in [0.5, 0.6) is 0 Å². The van der Waals surface area contributed by atoms with E-state index in [4.69, 9.17) is 9.47 Å². The summed E-state index contributed by atoms with van der Waals surface area (Å²) in [6, 6.07) is -1.17. The zero-order valence-corrected chi connectivity index (χ0v) is 11.4. The van der Waals surface area contributed by atoms with Crippen LogP contribution in [0.15, 0.2) is 0 Å². The van der Waals surface area contributed by atoms with Gasteiger partial charge in [0.15, 0.2) is 0 Å². The van der Waals surface area contributed by atoms with E-state index in [9.17, 15) is 14.4 Å². The fourth-order valence-corrected chi connectivity index (χ4v) is 2.71. The van der Waals surface area contributed by atoms with Gasteiger partial charge < -0.3 is 9.47 Å². The second kappa shape index (κ2) is 3.81. The minimum atomic E-state index is -1.80. The van der Waals surface area contributed by atoms with Gasteiger partial charge in [-0.1, -0.05) is 0 Å². The van der Waals surface area contributed by atoms with Gasteiger partial charge in [0.05, 0.1) is 0 Å². The van der Waals surface area contributed by atoms with Crippen molar-refractivity contribution in [1.82, 2.24) is 20.0 Å². The molecule has 0 bridgehead atoms. The van der Waals surface area contributed by atoms with Crippen molar-refractivity contribution in [3.63, 3.8) is 0 Å². The Bertz CT molecular complexity index is 469. The summed E-state index contributed by atoms with van der Waals surface area (Å²) in [6.45, 7) is 0. The molecule has 2 saturated heterocycles. The zero-order chi connectivity index (χ0) is 14.6. The van der Waals surface area contributed by atoms with E-state index in [1.807, 2.05) is 0 Å². The lowest BCUT2D eigenvalue weighted by molar-refractivity contribution is -0.281. The van der Waals surface area contributed by atoms with Crippen LogP contribution in [0.2, 0.25) is 0 Å². The summed E-state index contributed by atoms with van der Waals surface area (Å²) in [7, 11) is 6.73.